The van der Waals surface area contributed by atoms with Gasteiger partial charge in [0.05, 0.1) is 6.92 Å². The predicted molar refractivity (Wildman–Crippen MR) is 108 cm³/mol. The van der Waals surface area contributed by atoms with Crippen molar-refractivity contribution in [2.45, 2.75) is 6.11 Å². The fourth-order valence-electron chi connectivity index (χ4n) is 2.82. The molecule has 2 aromatic heterocycles. The van der Waals surface area contributed by atoms with Gasteiger partial charge in [-0.25, -0.2) is 9.78 Å². The summed E-state index contributed by atoms with van der Waals surface area (Å²) in [5.74, 6) is -0.0600. The van der Waals surface area contributed by atoms with Gasteiger partial charge in [0.1, 0.15) is 17.0 Å². The van der Waals surface area contributed by atoms with E-state index in [0.717, 1.165) is 6.07 Å². The largest absolute Gasteiger partial charge is 0.455 e. The molecule has 2 radical (unpaired) electrons. The number of fused-ring (bicyclic) bond motifs is 1. The molecule has 4 rings (SSSR count). The molecule has 0 fully saturated rings. The van der Waals surface area contributed by atoms with Gasteiger partial charge in [-0.15, -0.1) is 0 Å². The molecule has 4 aromatic rings. The van der Waals surface area contributed by atoms with E-state index in [1.165, 1.54) is 24.4 Å². The van der Waals surface area contributed by atoms with Crippen LogP contribution in [-0.4, -0.2) is 27.0 Å². The first-order valence-corrected chi connectivity index (χ1v) is 8.89. The Balaban J connectivity index is 1.52. The first-order valence-electron chi connectivity index (χ1n) is 8.89. The maximum atomic E-state index is 12.8. The van der Waals surface area contributed by atoms with Crippen molar-refractivity contribution >= 4 is 22.8 Å². The van der Waals surface area contributed by atoms with Crippen molar-refractivity contribution in [1.82, 2.24) is 15.0 Å². The van der Waals surface area contributed by atoms with Gasteiger partial charge in [0, 0.05) is 29.6 Å². The minimum absolute atomic E-state index is 0.0915. The molecule has 0 spiro atoms. The van der Waals surface area contributed by atoms with Gasteiger partial charge in [0.2, 0.25) is 0 Å². The zero-order chi connectivity index (χ0) is 22.0. The van der Waals surface area contributed by atoms with Gasteiger partial charge in [-0.1, -0.05) is 12.1 Å². The number of hydrogen-bond donors (Lipinski definition) is 3. The monoisotopic (exact) mass is 424 g/mol. The lowest BCUT2D eigenvalue weighted by Crippen LogP contribution is -2.20. The van der Waals surface area contributed by atoms with Crippen LogP contribution >= 0.6 is 0 Å². The highest BCUT2D eigenvalue weighted by Gasteiger charge is 2.24. The lowest BCUT2D eigenvalue weighted by Gasteiger charge is -2.13. The van der Waals surface area contributed by atoms with Crippen LogP contribution in [0.5, 0.6) is 17.2 Å². The molecule has 8 nitrogen and oxygen atoms in total. The number of benzene rings is 2. The Morgan fingerprint density at radius 3 is 2.65 bits per heavy atom. The number of halogens is 2. The van der Waals surface area contributed by atoms with Crippen molar-refractivity contribution in [2.75, 3.05) is 5.32 Å². The van der Waals surface area contributed by atoms with Crippen molar-refractivity contribution in [2.24, 2.45) is 0 Å². The first-order chi connectivity index (χ1) is 14.8. The summed E-state index contributed by atoms with van der Waals surface area (Å²) in [6.45, 7) is 4.54. The van der Waals surface area contributed by atoms with Crippen molar-refractivity contribution in [3.63, 3.8) is 0 Å². The Morgan fingerprint density at radius 1 is 1.06 bits per heavy atom. The van der Waals surface area contributed by atoms with Gasteiger partial charge in [-0.2, -0.15) is 8.78 Å². The minimum atomic E-state index is -3.86. The molecule has 156 valence electrons. The number of ether oxygens (including phenoxy) is 2. The predicted octanol–water partition coefficient (Wildman–Crippen LogP) is 3.98. The summed E-state index contributed by atoms with van der Waals surface area (Å²) in [5.41, 5.74) is 0.811. The quantitative estimate of drug-likeness (QED) is 0.434. The number of carbonyl (C=O) groups excluding carboxylic acids is 1. The van der Waals surface area contributed by atoms with Crippen LogP contribution in [0.4, 0.5) is 14.5 Å². The number of aromatic nitrogens is 3. The zero-order valence-electron chi connectivity index (χ0n) is 15.7. The van der Waals surface area contributed by atoms with E-state index in [1.807, 2.05) is 0 Å². The molecule has 10 heteroatoms. The second-order valence-electron chi connectivity index (χ2n) is 6.39. The van der Waals surface area contributed by atoms with E-state index in [4.69, 9.17) is 4.74 Å². The lowest BCUT2D eigenvalue weighted by atomic mass is 10.2. The number of carbonyl (C=O) groups is 1. The molecule has 0 bridgehead atoms. The molecule has 0 aliphatic rings. The topological polar surface area (TPSA) is 109 Å². The van der Waals surface area contributed by atoms with Crippen LogP contribution in [0.2, 0.25) is 0 Å². The second-order valence-corrected chi connectivity index (χ2v) is 6.39. The number of H-pyrrole nitrogens is 2. The third-order valence-electron chi connectivity index (χ3n) is 4.05. The Bertz CT molecular complexity index is 1310. The standard InChI is InChI=1S/C21H14F2N4O4/c1-21(22,23)31-15-7-2-4-12(10-15)19(28)25-13-5-3-6-14(11-13)30-16-8-9-24-18-17(16)26-20(29)27-18/h1-11H,(H,25,28)(H2,24,26,27,29). The van der Waals surface area contributed by atoms with Crippen LogP contribution in [0.3, 0.4) is 0 Å². The molecule has 2 aromatic carbocycles. The van der Waals surface area contributed by atoms with Crippen LogP contribution in [-0.2, 0) is 0 Å². The average molecular weight is 424 g/mol. The molecular weight excluding hydrogens is 410 g/mol. The van der Waals surface area contributed by atoms with E-state index in [1.54, 1.807) is 30.3 Å². The van der Waals surface area contributed by atoms with Gasteiger partial charge in [0.25, 0.3) is 5.91 Å². The Morgan fingerprint density at radius 2 is 1.84 bits per heavy atom. The van der Waals surface area contributed by atoms with E-state index in [-0.39, 0.29) is 11.3 Å². The van der Waals surface area contributed by atoms with E-state index < -0.39 is 17.7 Å². The highest BCUT2D eigenvalue weighted by Crippen LogP contribution is 2.28. The number of alkyl halides is 2. The van der Waals surface area contributed by atoms with Crippen molar-refractivity contribution < 1.29 is 23.0 Å². The maximum absolute atomic E-state index is 12.8. The summed E-state index contributed by atoms with van der Waals surface area (Å²) >= 11 is 0. The fraction of sp³-hybridized carbons (Fsp3) is 0.0476. The van der Waals surface area contributed by atoms with Crippen LogP contribution in [0.15, 0.2) is 65.6 Å². The molecule has 31 heavy (non-hydrogen) atoms. The molecule has 3 N–H and O–H groups in total. The number of imidazole rings is 1. The molecular formula is C21H14F2N4O4. The van der Waals surface area contributed by atoms with Crippen molar-refractivity contribution in [3.05, 3.63) is 83.8 Å². The number of nitrogens with zero attached hydrogens (tertiary/aromatic N) is 1. The number of nitrogens with one attached hydrogen (secondary N) is 3. The third-order valence-corrected chi connectivity index (χ3v) is 4.05. The van der Waals surface area contributed by atoms with E-state index in [2.05, 4.69) is 31.9 Å². The van der Waals surface area contributed by atoms with E-state index in [0.29, 0.717) is 28.4 Å². The molecule has 0 saturated carbocycles. The molecule has 2 heterocycles. The number of anilines is 1. The Hall–Kier alpha value is -4.21. The Kier molecular flexibility index (Phi) is 5.12. The fourth-order valence-corrected chi connectivity index (χ4v) is 2.82. The van der Waals surface area contributed by atoms with Crippen LogP contribution in [0, 0.1) is 6.92 Å². The normalized spacial score (nSPS) is 11.3. The number of pyridine rings is 1. The lowest BCUT2D eigenvalue weighted by molar-refractivity contribution is -0.134. The van der Waals surface area contributed by atoms with Gasteiger partial charge in [-0.05, 0) is 30.3 Å². The van der Waals surface area contributed by atoms with Crippen LogP contribution < -0.4 is 20.5 Å². The molecule has 0 saturated heterocycles. The third kappa shape index (κ3) is 4.86. The molecule has 1 amide bonds. The summed E-state index contributed by atoms with van der Waals surface area (Å²) in [7, 11) is 0. The molecule has 0 unspecified atom stereocenters. The van der Waals surface area contributed by atoms with E-state index >= 15 is 0 Å². The van der Waals surface area contributed by atoms with E-state index in [9.17, 15) is 18.4 Å². The summed E-state index contributed by atoms with van der Waals surface area (Å²) in [6.07, 6.45) is -2.38. The second kappa shape index (κ2) is 7.90. The summed E-state index contributed by atoms with van der Waals surface area (Å²) < 4.78 is 35.7. The highest BCUT2D eigenvalue weighted by molar-refractivity contribution is 6.04. The number of hydrogen-bond acceptors (Lipinski definition) is 5. The number of rotatable bonds is 6. The Labute approximate surface area is 173 Å². The smallest absolute Gasteiger partial charge is 0.402 e. The van der Waals surface area contributed by atoms with Crippen molar-refractivity contribution in [1.29, 1.82) is 0 Å². The van der Waals surface area contributed by atoms with Crippen LogP contribution in [0.1, 0.15) is 10.4 Å². The number of amides is 1. The first kappa shape index (κ1) is 20.1. The molecule has 0 aliphatic carbocycles. The summed E-state index contributed by atoms with van der Waals surface area (Å²) in [6, 6.07) is 13.3. The van der Waals surface area contributed by atoms with Gasteiger partial charge in [0.15, 0.2) is 11.4 Å². The number of aromatic amines is 2. The summed E-state index contributed by atoms with van der Waals surface area (Å²) in [5, 5.41) is 2.65. The van der Waals surface area contributed by atoms with Crippen LogP contribution in [0.25, 0.3) is 11.2 Å². The molecule has 0 aliphatic heterocycles. The average Bonchev–Trinajstić information content (AvgIpc) is 3.08. The highest BCUT2D eigenvalue weighted by atomic mass is 19.3. The maximum Gasteiger partial charge on any atom is 0.402 e. The summed E-state index contributed by atoms with van der Waals surface area (Å²) in [4.78, 5) is 33.2. The minimum Gasteiger partial charge on any atom is -0.455 e. The van der Waals surface area contributed by atoms with Gasteiger partial charge >= 0.3 is 11.8 Å². The van der Waals surface area contributed by atoms with Gasteiger partial charge < -0.3 is 19.8 Å². The SMILES string of the molecule is [CH]C(F)(F)Oc1cccc(C(=O)Nc2cccc(Oc3ccnc4[nH]c(=O)[nH]c34)c2)c1. The van der Waals surface area contributed by atoms with Crippen molar-refractivity contribution in [3.8, 4) is 17.2 Å². The molecule has 0 atom stereocenters. The zero-order valence-corrected chi connectivity index (χ0v) is 15.7. The van der Waals surface area contributed by atoms with Gasteiger partial charge in [-0.3, -0.25) is 9.78 Å².